The van der Waals surface area contributed by atoms with E-state index in [1.54, 1.807) is 0 Å². The van der Waals surface area contributed by atoms with Crippen molar-refractivity contribution in [2.75, 3.05) is 19.6 Å². The lowest BCUT2D eigenvalue weighted by Gasteiger charge is -2.36. The van der Waals surface area contributed by atoms with Gasteiger partial charge in [0.25, 0.3) is 0 Å². The van der Waals surface area contributed by atoms with Gasteiger partial charge in [-0.3, -0.25) is 5.32 Å². The molecule has 3 heteroatoms. The molecule has 0 saturated carbocycles. The Bertz CT molecular complexity index is 282. The van der Waals surface area contributed by atoms with Gasteiger partial charge in [0.2, 0.25) is 0 Å². The Balaban J connectivity index is 2.36. The zero-order valence-corrected chi connectivity index (χ0v) is 13.0. The third-order valence-electron chi connectivity index (χ3n) is 4.31. The predicted octanol–water partition coefficient (Wildman–Crippen LogP) is 3.31. The van der Waals surface area contributed by atoms with Crippen molar-refractivity contribution in [3.05, 3.63) is 0 Å². The summed E-state index contributed by atoms with van der Waals surface area (Å²) in [6.07, 6.45) is 8.81. The van der Waals surface area contributed by atoms with Crippen molar-refractivity contribution in [2.45, 2.75) is 77.3 Å². The zero-order chi connectivity index (χ0) is 14.1. The summed E-state index contributed by atoms with van der Waals surface area (Å²) in [7, 11) is 0. The molecule has 2 unspecified atom stereocenters. The van der Waals surface area contributed by atoms with Crippen LogP contribution in [0.25, 0.3) is 0 Å². The second-order valence-corrected chi connectivity index (χ2v) is 6.05. The largest absolute Gasteiger partial charge is 0.300 e. The van der Waals surface area contributed by atoms with Gasteiger partial charge in [0.15, 0.2) is 0 Å². The van der Waals surface area contributed by atoms with Gasteiger partial charge in [-0.1, -0.05) is 26.7 Å². The number of hydrogen-bond acceptors (Lipinski definition) is 3. The van der Waals surface area contributed by atoms with E-state index in [1.165, 1.54) is 38.6 Å². The highest BCUT2D eigenvalue weighted by molar-refractivity contribution is 5.03. The molecule has 110 valence electrons. The normalized spacial score (nSPS) is 23.8. The summed E-state index contributed by atoms with van der Waals surface area (Å²) in [5.41, 5.74) is -0.342. The van der Waals surface area contributed by atoms with Crippen LogP contribution in [0.1, 0.15) is 65.7 Å². The predicted molar refractivity (Wildman–Crippen MR) is 81.0 cm³/mol. The molecule has 1 fully saturated rings. The van der Waals surface area contributed by atoms with Crippen LogP contribution in [0.3, 0.4) is 0 Å². The Morgan fingerprint density at radius 3 is 2.79 bits per heavy atom. The molecule has 1 heterocycles. The molecule has 0 amide bonds. The first-order valence-corrected chi connectivity index (χ1v) is 8.05. The van der Waals surface area contributed by atoms with Crippen molar-refractivity contribution in [3.63, 3.8) is 0 Å². The summed E-state index contributed by atoms with van der Waals surface area (Å²) in [4.78, 5) is 2.66. The standard InChI is InChI=1S/C16H31N3/c1-4-9-15-10-6-7-12-19(15)13-8-11-16(3,14-17)18-5-2/h15,18H,4-13H2,1-3H3. The van der Waals surface area contributed by atoms with Crippen LogP contribution >= 0.6 is 0 Å². The molecule has 0 bridgehead atoms. The second kappa shape index (κ2) is 8.55. The number of nitrogens with one attached hydrogen (secondary N) is 1. The van der Waals surface area contributed by atoms with Crippen LogP contribution in [0.15, 0.2) is 0 Å². The van der Waals surface area contributed by atoms with Crippen molar-refractivity contribution < 1.29 is 0 Å². The van der Waals surface area contributed by atoms with E-state index in [0.717, 1.165) is 32.0 Å². The van der Waals surface area contributed by atoms with Crippen LogP contribution in [-0.4, -0.2) is 36.1 Å². The highest BCUT2D eigenvalue weighted by atomic mass is 15.2. The Morgan fingerprint density at radius 1 is 1.37 bits per heavy atom. The third-order valence-corrected chi connectivity index (χ3v) is 4.31. The maximum atomic E-state index is 9.26. The molecule has 3 nitrogen and oxygen atoms in total. The van der Waals surface area contributed by atoms with Gasteiger partial charge in [0.1, 0.15) is 5.54 Å². The number of nitriles is 1. The molecule has 0 aromatic rings. The molecule has 0 spiro atoms. The number of hydrogen-bond donors (Lipinski definition) is 1. The van der Waals surface area contributed by atoms with E-state index in [9.17, 15) is 5.26 Å². The van der Waals surface area contributed by atoms with Crippen molar-refractivity contribution in [1.82, 2.24) is 10.2 Å². The SMILES string of the molecule is CCCC1CCCCN1CCCC(C)(C#N)NCC. The molecule has 1 saturated heterocycles. The van der Waals surface area contributed by atoms with Crippen LogP contribution in [0.2, 0.25) is 0 Å². The lowest BCUT2D eigenvalue weighted by Crippen LogP contribution is -2.43. The Labute approximate surface area is 119 Å². The fourth-order valence-electron chi connectivity index (χ4n) is 3.22. The first-order chi connectivity index (χ1) is 9.15. The maximum absolute atomic E-state index is 9.26. The molecule has 1 rings (SSSR count). The van der Waals surface area contributed by atoms with Crippen LogP contribution in [0, 0.1) is 11.3 Å². The summed E-state index contributed by atoms with van der Waals surface area (Å²) in [5, 5.41) is 12.6. The molecule has 0 radical (unpaired) electrons. The minimum absolute atomic E-state index is 0.342. The molecule has 0 aromatic heterocycles. The van der Waals surface area contributed by atoms with Crippen LogP contribution in [-0.2, 0) is 0 Å². The molecule has 1 N–H and O–H groups in total. The monoisotopic (exact) mass is 265 g/mol. The number of rotatable bonds is 8. The smallest absolute Gasteiger partial charge is 0.103 e. The fraction of sp³-hybridized carbons (Fsp3) is 0.938. The van der Waals surface area contributed by atoms with Crippen molar-refractivity contribution in [2.24, 2.45) is 0 Å². The van der Waals surface area contributed by atoms with Gasteiger partial charge in [-0.05, 0) is 58.7 Å². The minimum Gasteiger partial charge on any atom is -0.300 e. The van der Waals surface area contributed by atoms with Crippen molar-refractivity contribution in [1.29, 1.82) is 5.26 Å². The molecule has 1 aliphatic rings. The van der Waals surface area contributed by atoms with Crippen molar-refractivity contribution >= 4 is 0 Å². The highest BCUT2D eigenvalue weighted by Gasteiger charge is 2.24. The molecule has 0 aliphatic carbocycles. The van der Waals surface area contributed by atoms with E-state index in [1.807, 2.05) is 6.92 Å². The summed E-state index contributed by atoms with van der Waals surface area (Å²) in [6, 6.07) is 3.22. The van der Waals surface area contributed by atoms with Gasteiger partial charge in [0, 0.05) is 6.04 Å². The van der Waals surface area contributed by atoms with E-state index in [-0.39, 0.29) is 5.54 Å². The molecular weight excluding hydrogens is 234 g/mol. The van der Waals surface area contributed by atoms with Crippen molar-refractivity contribution in [3.8, 4) is 6.07 Å². The van der Waals surface area contributed by atoms with Gasteiger partial charge in [0.05, 0.1) is 6.07 Å². The average Bonchev–Trinajstić information content (AvgIpc) is 2.41. The van der Waals surface area contributed by atoms with Crippen LogP contribution < -0.4 is 5.32 Å². The average molecular weight is 265 g/mol. The van der Waals surface area contributed by atoms with E-state index < -0.39 is 0 Å². The second-order valence-electron chi connectivity index (χ2n) is 6.05. The number of nitrogens with zero attached hydrogens (tertiary/aromatic N) is 2. The van der Waals surface area contributed by atoms with Gasteiger partial charge < -0.3 is 4.90 Å². The summed E-state index contributed by atoms with van der Waals surface area (Å²) in [6.45, 7) is 9.66. The van der Waals surface area contributed by atoms with Crippen LogP contribution in [0.5, 0.6) is 0 Å². The first-order valence-electron chi connectivity index (χ1n) is 8.05. The first kappa shape index (κ1) is 16.5. The number of piperidine rings is 1. The topological polar surface area (TPSA) is 39.1 Å². The Hall–Kier alpha value is -0.590. The Morgan fingerprint density at radius 2 is 2.16 bits per heavy atom. The lowest BCUT2D eigenvalue weighted by atomic mass is 9.95. The zero-order valence-electron chi connectivity index (χ0n) is 13.0. The van der Waals surface area contributed by atoms with Gasteiger partial charge >= 0.3 is 0 Å². The molecule has 19 heavy (non-hydrogen) atoms. The summed E-state index contributed by atoms with van der Waals surface area (Å²) in [5.74, 6) is 0. The highest BCUT2D eigenvalue weighted by Crippen LogP contribution is 2.22. The van der Waals surface area contributed by atoms with E-state index >= 15 is 0 Å². The summed E-state index contributed by atoms with van der Waals surface area (Å²) < 4.78 is 0. The van der Waals surface area contributed by atoms with E-state index in [4.69, 9.17) is 0 Å². The van der Waals surface area contributed by atoms with Gasteiger partial charge in [-0.2, -0.15) is 5.26 Å². The van der Waals surface area contributed by atoms with E-state index in [0.29, 0.717) is 0 Å². The Kier molecular flexibility index (Phi) is 7.41. The molecule has 1 aliphatic heterocycles. The van der Waals surface area contributed by atoms with Gasteiger partial charge in [-0.15, -0.1) is 0 Å². The fourth-order valence-corrected chi connectivity index (χ4v) is 3.22. The molecule has 0 aromatic carbocycles. The quantitative estimate of drug-likeness (QED) is 0.732. The van der Waals surface area contributed by atoms with Gasteiger partial charge in [-0.25, -0.2) is 0 Å². The van der Waals surface area contributed by atoms with E-state index in [2.05, 4.69) is 30.1 Å². The lowest BCUT2D eigenvalue weighted by molar-refractivity contribution is 0.134. The summed E-state index contributed by atoms with van der Waals surface area (Å²) >= 11 is 0. The minimum atomic E-state index is -0.342. The maximum Gasteiger partial charge on any atom is 0.103 e. The third kappa shape index (κ3) is 5.50. The number of likely N-dealkylation sites (tertiary alicyclic amines) is 1. The van der Waals surface area contributed by atoms with Crippen LogP contribution in [0.4, 0.5) is 0 Å². The molecule has 2 atom stereocenters. The molecular formula is C16H31N3.